The molecule has 19 heavy (non-hydrogen) atoms. The van der Waals surface area contributed by atoms with Crippen molar-refractivity contribution in [2.45, 2.75) is 25.2 Å². The van der Waals surface area contributed by atoms with Crippen molar-refractivity contribution in [2.75, 3.05) is 32.1 Å². The van der Waals surface area contributed by atoms with Crippen molar-refractivity contribution < 1.29 is 10.2 Å². The number of anilines is 1. The molecule has 1 aliphatic heterocycles. The maximum absolute atomic E-state index is 9.93. The SMILES string of the molecule is CN(C)CC1CC(O)CN1c1ccc(Br)cc1CO. The first-order chi connectivity index (χ1) is 9.01. The average molecular weight is 329 g/mol. The number of nitrogens with zero attached hydrogens (tertiary/aromatic N) is 2. The van der Waals surface area contributed by atoms with Crippen LogP contribution in [0.1, 0.15) is 12.0 Å². The Morgan fingerprint density at radius 2 is 2.16 bits per heavy atom. The molecule has 5 heteroatoms. The Kier molecular flexibility index (Phi) is 4.84. The van der Waals surface area contributed by atoms with E-state index in [0.717, 1.165) is 28.7 Å². The van der Waals surface area contributed by atoms with E-state index in [1.807, 2.05) is 32.3 Å². The summed E-state index contributed by atoms with van der Waals surface area (Å²) in [6.07, 6.45) is 0.485. The third-order valence-corrected chi connectivity index (χ3v) is 3.98. The van der Waals surface area contributed by atoms with E-state index in [9.17, 15) is 10.2 Å². The van der Waals surface area contributed by atoms with Gasteiger partial charge in [0.25, 0.3) is 0 Å². The summed E-state index contributed by atoms with van der Waals surface area (Å²) in [5.74, 6) is 0. The lowest BCUT2D eigenvalue weighted by molar-refractivity contribution is 0.191. The topological polar surface area (TPSA) is 46.9 Å². The van der Waals surface area contributed by atoms with Crippen LogP contribution in [0.2, 0.25) is 0 Å². The van der Waals surface area contributed by atoms with Crippen LogP contribution in [0.3, 0.4) is 0 Å². The van der Waals surface area contributed by atoms with Crippen LogP contribution in [-0.4, -0.2) is 54.4 Å². The average Bonchev–Trinajstić information content (AvgIpc) is 2.69. The van der Waals surface area contributed by atoms with Gasteiger partial charge >= 0.3 is 0 Å². The molecule has 0 radical (unpaired) electrons. The van der Waals surface area contributed by atoms with E-state index in [0.29, 0.717) is 6.54 Å². The van der Waals surface area contributed by atoms with Gasteiger partial charge in [0.15, 0.2) is 0 Å². The van der Waals surface area contributed by atoms with Crippen molar-refractivity contribution in [3.8, 4) is 0 Å². The van der Waals surface area contributed by atoms with E-state index in [2.05, 4.69) is 25.7 Å². The first kappa shape index (κ1) is 14.8. The molecule has 0 spiro atoms. The van der Waals surface area contributed by atoms with Crippen LogP contribution in [0.4, 0.5) is 5.69 Å². The Labute approximate surface area is 122 Å². The number of halogens is 1. The van der Waals surface area contributed by atoms with Crippen LogP contribution in [0.25, 0.3) is 0 Å². The molecule has 1 aromatic rings. The predicted octanol–water partition coefficient (Wildman–Crippen LogP) is 1.44. The highest BCUT2D eigenvalue weighted by molar-refractivity contribution is 9.10. The van der Waals surface area contributed by atoms with Gasteiger partial charge in [0.05, 0.1) is 12.7 Å². The molecule has 106 valence electrons. The van der Waals surface area contributed by atoms with E-state index >= 15 is 0 Å². The third kappa shape index (κ3) is 3.48. The van der Waals surface area contributed by atoms with Crippen LogP contribution < -0.4 is 4.90 Å². The van der Waals surface area contributed by atoms with Gasteiger partial charge in [0, 0.05) is 34.9 Å². The van der Waals surface area contributed by atoms with Crippen LogP contribution >= 0.6 is 15.9 Å². The lowest BCUT2D eigenvalue weighted by atomic mass is 10.1. The second-order valence-corrected chi connectivity index (χ2v) is 6.30. The first-order valence-corrected chi connectivity index (χ1v) is 7.29. The van der Waals surface area contributed by atoms with Gasteiger partial charge in [-0.3, -0.25) is 0 Å². The van der Waals surface area contributed by atoms with E-state index < -0.39 is 0 Å². The molecule has 0 aliphatic carbocycles. The van der Waals surface area contributed by atoms with Gasteiger partial charge in [0.2, 0.25) is 0 Å². The van der Waals surface area contributed by atoms with Gasteiger partial charge in [-0.05, 0) is 38.7 Å². The number of benzene rings is 1. The molecule has 2 unspecified atom stereocenters. The Bertz CT molecular complexity index is 439. The van der Waals surface area contributed by atoms with Gasteiger partial charge in [-0.15, -0.1) is 0 Å². The number of likely N-dealkylation sites (N-methyl/N-ethyl adjacent to an activating group) is 1. The quantitative estimate of drug-likeness (QED) is 0.878. The molecule has 0 bridgehead atoms. The largest absolute Gasteiger partial charge is 0.392 e. The lowest BCUT2D eigenvalue weighted by Crippen LogP contribution is -2.38. The molecule has 0 aromatic heterocycles. The number of aliphatic hydroxyl groups is 2. The number of rotatable bonds is 4. The highest BCUT2D eigenvalue weighted by Crippen LogP contribution is 2.31. The van der Waals surface area contributed by atoms with Crippen molar-refractivity contribution in [1.29, 1.82) is 0 Å². The molecule has 0 saturated carbocycles. The van der Waals surface area contributed by atoms with Crippen LogP contribution in [0, 0.1) is 0 Å². The van der Waals surface area contributed by atoms with Crippen molar-refractivity contribution in [1.82, 2.24) is 4.90 Å². The number of hydrogen-bond donors (Lipinski definition) is 2. The van der Waals surface area contributed by atoms with Crippen LogP contribution in [-0.2, 0) is 6.61 Å². The minimum Gasteiger partial charge on any atom is -0.392 e. The predicted molar refractivity (Wildman–Crippen MR) is 80.4 cm³/mol. The zero-order valence-corrected chi connectivity index (χ0v) is 13.0. The summed E-state index contributed by atoms with van der Waals surface area (Å²) in [6.45, 7) is 1.54. The summed E-state index contributed by atoms with van der Waals surface area (Å²) in [4.78, 5) is 4.34. The molecule has 1 saturated heterocycles. The smallest absolute Gasteiger partial charge is 0.0735 e. The van der Waals surface area contributed by atoms with Crippen molar-refractivity contribution in [3.05, 3.63) is 28.2 Å². The minimum absolute atomic E-state index is 0.00997. The van der Waals surface area contributed by atoms with Crippen LogP contribution in [0.5, 0.6) is 0 Å². The normalized spacial score (nSPS) is 23.4. The summed E-state index contributed by atoms with van der Waals surface area (Å²) >= 11 is 3.43. The lowest BCUT2D eigenvalue weighted by Gasteiger charge is -2.30. The highest BCUT2D eigenvalue weighted by atomic mass is 79.9. The maximum atomic E-state index is 9.93. The zero-order valence-electron chi connectivity index (χ0n) is 11.4. The van der Waals surface area contributed by atoms with Gasteiger partial charge < -0.3 is 20.0 Å². The standard InChI is InChI=1S/C14H21BrN2O2/c1-16(2)7-12-6-13(19)8-17(12)14-4-3-11(15)5-10(14)9-18/h3-5,12-13,18-19H,6-9H2,1-2H3. The van der Waals surface area contributed by atoms with Crippen molar-refractivity contribution in [2.24, 2.45) is 0 Å². The minimum atomic E-state index is -0.292. The van der Waals surface area contributed by atoms with E-state index in [4.69, 9.17) is 0 Å². The summed E-state index contributed by atoms with van der Waals surface area (Å²) in [5, 5.41) is 19.4. The molecule has 2 atom stereocenters. The molecule has 1 aliphatic rings. The fourth-order valence-corrected chi connectivity index (χ4v) is 3.15. The highest BCUT2D eigenvalue weighted by Gasteiger charge is 2.32. The summed E-state index contributed by atoms with van der Waals surface area (Å²) < 4.78 is 0.962. The summed E-state index contributed by atoms with van der Waals surface area (Å²) in [6, 6.07) is 6.21. The Balaban J connectivity index is 2.28. The second kappa shape index (κ2) is 6.22. The first-order valence-electron chi connectivity index (χ1n) is 6.50. The Morgan fingerprint density at radius 3 is 2.79 bits per heavy atom. The second-order valence-electron chi connectivity index (χ2n) is 5.39. The van der Waals surface area contributed by atoms with Crippen molar-refractivity contribution in [3.63, 3.8) is 0 Å². The molecular weight excluding hydrogens is 308 g/mol. The molecule has 1 heterocycles. The fourth-order valence-electron chi connectivity index (χ4n) is 2.74. The molecule has 2 rings (SSSR count). The molecule has 2 N–H and O–H groups in total. The molecule has 1 fully saturated rings. The Morgan fingerprint density at radius 1 is 1.42 bits per heavy atom. The van der Waals surface area contributed by atoms with Gasteiger partial charge in [-0.1, -0.05) is 15.9 Å². The molecule has 0 amide bonds. The Hall–Kier alpha value is -0.620. The zero-order chi connectivity index (χ0) is 14.0. The summed E-state index contributed by atoms with van der Waals surface area (Å²) in [5.41, 5.74) is 1.92. The van der Waals surface area contributed by atoms with Gasteiger partial charge in [0.1, 0.15) is 0 Å². The van der Waals surface area contributed by atoms with E-state index in [1.165, 1.54) is 0 Å². The van der Waals surface area contributed by atoms with E-state index in [1.54, 1.807) is 0 Å². The summed E-state index contributed by atoms with van der Waals surface area (Å²) in [7, 11) is 4.08. The maximum Gasteiger partial charge on any atom is 0.0735 e. The monoisotopic (exact) mass is 328 g/mol. The van der Waals surface area contributed by atoms with Gasteiger partial charge in [-0.25, -0.2) is 0 Å². The molecule has 4 nitrogen and oxygen atoms in total. The van der Waals surface area contributed by atoms with Gasteiger partial charge in [-0.2, -0.15) is 0 Å². The number of hydrogen-bond acceptors (Lipinski definition) is 4. The fraction of sp³-hybridized carbons (Fsp3) is 0.571. The molecular formula is C14H21BrN2O2. The number of β-amino-alcohol motifs (C(OH)–C–C–N with tert-alkyl or cyclic N) is 1. The van der Waals surface area contributed by atoms with Crippen molar-refractivity contribution >= 4 is 21.6 Å². The third-order valence-electron chi connectivity index (χ3n) is 3.49. The number of aliphatic hydroxyl groups excluding tert-OH is 2. The van der Waals surface area contributed by atoms with Crippen LogP contribution in [0.15, 0.2) is 22.7 Å². The van der Waals surface area contributed by atoms with E-state index in [-0.39, 0.29) is 18.8 Å². The molecule has 1 aromatic carbocycles.